The normalized spacial score (nSPS) is 16.7. The van der Waals surface area contributed by atoms with Crippen LogP contribution in [-0.4, -0.2) is 77.8 Å². The van der Waals surface area contributed by atoms with Crippen LogP contribution in [0, 0.1) is 17.1 Å². The van der Waals surface area contributed by atoms with Crippen molar-refractivity contribution in [3.05, 3.63) is 35.3 Å². The highest BCUT2D eigenvalue weighted by Crippen LogP contribution is 2.32. The summed E-state index contributed by atoms with van der Waals surface area (Å²) in [5, 5.41) is 19.0. The number of benzene rings is 1. The average Bonchev–Trinajstić information content (AvgIpc) is 3.28. The Bertz CT molecular complexity index is 1340. The fourth-order valence-corrected chi connectivity index (χ4v) is 4.69. The molecule has 194 valence electrons. The molecule has 2 fully saturated rings. The standard InChI is InChI=1S/C25H29FN8O3/c1-3-28-22-21-14(10-27)11-29-23(21)33-25(32-22)31-19-9-18(26)17(8-20(19)36-2)24(35)30-15-4-6-34(7-5-15)16-12-37-13-16/h8-9,11,15-16H,3-7,12-13H2,1-2H3,(H,30,35)(H3,28,29,31,32,33). The van der Waals surface area contributed by atoms with Crippen molar-refractivity contribution in [2.75, 3.05) is 50.6 Å². The van der Waals surface area contributed by atoms with Gasteiger partial charge in [-0.15, -0.1) is 0 Å². The van der Waals surface area contributed by atoms with Crippen molar-refractivity contribution in [1.82, 2.24) is 25.2 Å². The first-order chi connectivity index (χ1) is 18.0. The number of ether oxygens (including phenoxy) is 2. The number of likely N-dealkylation sites (tertiary alicyclic amines) is 1. The number of carbonyl (C=O) groups is 1. The molecule has 0 bridgehead atoms. The SMILES string of the molecule is CCNc1nc(Nc2cc(F)c(C(=O)NC3CCN(C4COC4)CC3)cc2OC)nc2[nH]cc(C#N)c12. The fraction of sp³-hybridized carbons (Fsp3) is 0.440. The van der Waals surface area contributed by atoms with Crippen LogP contribution in [0.25, 0.3) is 11.0 Å². The van der Waals surface area contributed by atoms with Gasteiger partial charge in [0.25, 0.3) is 5.91 Å². The number of hydrogen-bond acceptors (Lipinski definition) is 9. The summed E-state index contributed by atoms with van der Waals surface area (Å²) in [4.78, 5) is 27.1. The molecule has 4 N–H and O–H groups in total. The Morgan fingerprint density at radius 1 is 1.32 bits per heavy atom. The van der Waals surface area contributed by atoms with Crippen molar-refractivity contribution in [2.24, 2.45) is 0 Å². The highest BCUT2D eigenvalue weighted by atomic mass is 19.1. The van der Waals surface area contributed by atoms with Gasteiger partial charge in [-0.25, -0.2) is 4.39 Å². The highest BCUT2D eigenvalue weighted by molar-refractivity contribution is 5.96. The van der Waals surface area contributed by atoms with Gasteiger partial charge >= 0.3 is 0 Å². The van der Waals surface area contributed by atoms with Gasteiger partial charge < -0.3 is 30.4 Å². The van der Waals surface area contributed by atoms with Gasteiger partial charge in [-0.3, -0.25) is 9.69 Å². The molecular formula is C25H29FN8O3. The van der Waals surface area contributed by atoms with Gasteiger partial charge in [0, 0.05) is 37.9 Å². The van der Waals surface area contributed by atoms with Crippen molar-refractivity contribution < 1.29 is 18.7 Å². The summed E-state index contributed by atoms with van der Waals surface area (Å²) < 4.78 is 25.8. The first-order valence-corrected chi connectivity index (χ1v) is 12.3. The third kappa shape index (κ3) is 5.00. The Morgan fingerprint density at radius 2 is 2.11 bits per heavy atom. The zero-order chi connectivity index (χ0) is 25.9. The number of carbonyl (C=O) groups excluding carboxylic acids is 1. The maximum absolute atomic E-state index is 15.1. The number of nitrogens with zero attached hydrogens (tertiary/aromatic N) is 4. The number of anilines is 3. The van der Waals surface area contributed by atoms with Gasteiger partial charge in [0.15, 0.2) is 0 Å². The number of aromatic amines is 1. The molecule has 1 aromatic carbocycles. The third-order valence-corrected chi connectivity index (χ3v) is 6.78. The first kappa shape index (κ1) is 24.7. The van der Waals surface area contributed by atoms with Crippen LogP contribution in [0.15, 0.2) is 18.3 Å². The van der Waals surface area contributed by atoms with Crippen molar-refractivity contribution in [2.45, 2.75) is 31.8 Å². The summed E-state index contributed by atoms with van der Waals surface area (Å²) in [7, 11) is 1.44. The molecule has 0 radical (unpaired) electrons. The number of fused-ring (bicyclic) bond motifs is 1. The Kier molecular flexibility index (Phi) is 7.07. The van der Waals surface area contributed by atoms with Crippen molar-refractivity contribution in [3.8, 4) is 11.8 Å². The molecule has 1 amide bonds. The lowest BCUT2D eigenvalue weighted by Crippen LogP contribution is -2.54. The second kappa shape index (κ2) is 10.6. The number of hydrogen-bond donors (Lipinski definition) is 4. The van der Waals surface area contributed by atoms with Crippen LogP contribution in [0.3, 0.4) is 0 Å². The number of piperidine rings is 1. The summed E-state index contributed by atoms with van der Waals surface area (Å²) in [6.07, 6.45) is 3.17. The number of aromatic nitrogens is 3. The molecule has 2 aliphatic rings. The molecule has 0 saturated carbocycles. The van der Waals surface area contributed by atoms with Gasteiger partial charge in [0.2, 0.25) is 5.95 Å². The molecule has 0 spiro atoms. The second-order valence-electron chi connectivity index (χ2n) is 9.10. The van der Waals surface area contributed by atoms with E-state index in [1.165, 1.54) is 19.2 Å². The maximum atomic E-state index is 15.1. The molecule has 12 heteroatoms. The summed E-state index contributed by atoms with van der Waals surface area (Å²) in [6, 6.07) is 5.14. The number of rotatable bonds is 8. The Labute approximate surface area is 213 Å². The molecule has 2 aromatic heterocycles. The first-order valence-electron chi connectivity index (χ1n) is 12.3. The van der Waals surface area contributed by atoms with E-state index in [2.05, 4.69) is 41.9 Å². The lowest BCUT2D eigenvalue weighted by molar-refractivity contribution is -0.0716. The van der Waals surface area contributed by atoms with E-state index in [0.29, 0.717) is 35.0 Å². The molecular weight excluding hydrogens is 479 g/mol. The quantitative estimate of drug-likeness (QED) is 0.361. The largest absolute Gasteiger partial charge is 0.495 e. The van der Waals surface area contributed by atoms with E-state index < -0.39 is 11.7 Å². The molecule has 5 rings (SSSR count). The fourth-order valence-electron chi connectivity index (χ4n) is 4.69. The van der Waals surface area contributed by atoms with E-state index in [-0.39, 0.29) is 29.0 Å². The summed E-state index contributed by atoms with van der Waals surface area (Å²) in [5.41, 5.74) is 1.04. The molecule has 0 aliphatic carbocycles. The van der Waals surface area contributed by atoms with Crippen molar-refractivity contribution in [1.29, 1.82) is 5.26 Å². The van der Waals surface area contributed by atoms with Crippen LogP contribution < -0.4 is 20.7 Å². The smallest absolute Gasteiger partial charge is 0.254 e. The van der Waals surface area contributed by atoms with Gasteiger partial charge in [0.1, 0.15) is 29.1 Å². The predicted octanol–water partition coefficient (Wildman–Crippen LogP) is 2.75. The molecule has 2 saturated heterocycles. The van der Waals surface area contributed by atoms with Crippen LogP contribution in [0.1, 0.15) is 35.7 Å². The zero-order valence-electron chi connectivity index (χ0n) is 20.7. The lowest BCUT2D eigenvalue weighted by atomic mass is 10.0. The number of nitriles is 1. The van der Waals surface area contributed by atoms with E-state index in [1.54, 1.807) is 6.20 Å². The van der Waals surface area contributed by atoms with Gasteiger partial charge in [-0.1, -0.05) is 0 Å². The van der Waals surface area contributed by atoms with Crippen molar-refractivity contribution in [3.63, 3.8) is 0 Å². The molecule has 0 atom stereocenters. The number of methoxy groups -OCH3 is 1. The average molecular weight is 509 g/mol. The van der Waals surface area contributed by atoms with E-state index >= 15 is 4.39 Å². The van der Waals surface area contributed by atoms with Crippen LogP contribution in [0.2, 0.25) is 0 Å². The number of H-pyrrole nitrogens is 1. The molecule has 3 aromatic rings. The highest BCUT2D eigenvalue weighted by Gasteiger charge is 2.30. The Balaban J connectivity index is 1.33. The van der Waals surface area contributed by atoms with E-state index in [0.717, 1.165) is 39.1 Å². The van der Waals surface area contributed by atoms with Crippen LogP contribution in [0.4, 0.5) is 21.8 Å². The predicted molar refractivity (Wildman–Crippen MR) is 136 cm³/mol. The summed E-state index contributed by atoms with van der Waals surface area (Å²) in [5.74, 6) is -0.253. The Hall–Kier alpha value is -3.95. The number of halogens is 1. The van der Waals surface area contributed by atoms with Crippen LogP contribution >= 0.6 is 0 Å². The number of amides is 1. The van der Waals surface area contributed by atoms with Crippen LogP contribution in [-0.2, 0) is 4.74 Å². The van der Waals surface area contributed by atoms with Crippen LogP contribution in [0.5, 0.6) is 5.75 Å². The molecule has 4 heterocycles. The maximum Gasteiger partial charge on any atom is 0.254 e. The topological polar surface area (TPSA) is 140 Å². The monoisotopic (exact) mass is 508 g/mol. The minimum Gasteiger partial charge on any atom is -0.495 e. The zero-order valence-corrected chi connectivity index (χ0v) is 20.7. The lowest BCUT2D eigenvalue weighted by Gasteiger charge is -2.41. The van der Waals surface area contributed by atoms with E-state index in [1.807, 2.05) is 6.92 Å². The minimum atomic E-state index is -0.690. The summed E-state index contributed by atoms with van der Waals surface area (Å²) >= 11 is 0. The minimum absolute atomic E-state index is 0.0170. The van der Waals surface area contributed by atoms with E-state index in [4.69, 9.17) is 9.47 Å². The molecule has 11 nitrogen and oxygen atoms in total. The third-order valence-electron chi connectivity index (χ3n) is 6.78. The summed E-state index contributed by atoms with van der Waals surface area (Å²) in [6.45, 7) is 5.78. The van der Waals surface area contributed by atoms with Crippen molar-refractivity contribution >= 4 is 34.4 Å². The van der Waals surface area contributed by atoms with Gasteiger partial charge in [0.05, 0.1) is 48.6 Å². The Morgan fingerprint density at radius 3 is 2.76 bits per heavy atom. The molecule has 37 heavy (non-hydrogen) atoms. The van der Waals surface area contributed by atoms with Gasteiger partial charge in [-0.2, -0.15) is 15.2 Å². The second-order valence-corrected chi connectivity index (χ2v) is 9.10. The number of nitrogens with one attached hydrogen (secondary N) is 4. The molecule has 0 unspecified atom stereocenters. The molecule has 2 aliphatic heterocycles. The van der Waals surface area contributed by atoms with Gasteiger partial charge in [-0.05, 0) is 25.8 Å². The van der Waals surface area contributed by atoms with E-state index in [9.17, 15) is 10.1 Å².